The fourth-order valence-corrected chi connectivity index (χ4v) is 3.08. The minimum Gasteiger partial charge on any atom is -0.336 e. The van der Waals surface area contributed by atoms with Gasteiger partial charge in [-0.1, -0.05) is 35.9 Å². The number of hydrogen-bond donors (Lipinski definition) is 2. The Morgan fingerprint density at radius 2 is 1.80 bits per heavy atom. The highest BCUT2D eigenvalue weighted by atomic mass is 35.5. The van der Waals surface area contributed by atoms with Gasteiger partial charge in [-0.05, 0) is 43.2 Å². The number of nitrogens with zero attached hydrogens (tertiary/aromatic N) is 1. The van der Waals surface area contributed by atoms with Crippen LogP contribution in [0.3, 0.4) is 0 Å². The molecule has 2 N–H and O–H groups in total. The van der Waals surface area contributed by atoms with Gasteiger partial charge in [0.05, 0.1) is 10.7 Å². The molecule has 0 atom stereocenters. The van der Waals surface area contributed by atoms with Crippen molar-refractivity contribution in [1.29, 1.82) is 0 Å². The van der Waals surface area contributed by atoms with Gasteiger partial charge in [-0.2, -0.15) is 0 Å². The van der Waals surface area contributed by atoms with Crippen molar-refractivity contribution >= 4 is 34.9 Å². The van der Waals surface area contributed by atoms with Crippen molar-refractivity contribution in [2.75, 3.05) is 23.3 Å². The van der Waals surface area contributed by atoms with Crippen LogP contribution in [0.15, 0.2) is 42.5 Å². The second-order valence-corrected chi connectivity index (χ2v) is 6.24. The monoisotopic (exact) mass is 359 g/mol. The van der Waals surface area contributed by atoms with Gasteiger partial charge >= 0.3 is 6.03 Å². The lowest BCUT2D eigenvalue weighted by Crippen LogP contribution is -2.39. The molecule has 25 heavy (non-hydrogen) atoms. The molecule has 0 aromatic heterocycles. The molecule has 0 saturated heterocycles. The summed E-state index contributed by atoms with van der Waals surface area (Å²) in [4.78, 5) is 25.5. The average Bonchev–Trinajstić information content (AvgIpc) is 2.53. The molecule has 0 bridgehead atoms. The highest BCUT2D eigenvalue weighted by Gasteiger charge is 2.17. The Hall–Kier alpha value is -2.53. The Balaban J connectivity index is 1.99. The predicted octanol–water partition coefficient (Wildman–Crippen LogP) is 4.13. The number of halogens is 1. The van der Waals surface area contributed by atoms with Gasteiger partial charge in [-0.3, -0.25) is 4.79 Å². The molecule has 0 heterocycles. The Kier molecular flexibility index (Phi) is 6.42. The molecule has 2 rings (SSSR count). The van der Waals surface area contributed by atoms with Crippen LogP contribution in [0.25, 0.3) is 0 Å². The average molecular weight is 360 g/mol. The maximum absolute atomic E-state index is 12.0. The van der Waals surface area contributed by atoms with Gasteiger partial charge in [0, 0.05) is 25.7 Å². The third-order valence-corrected chi connectivity index (χ3v) is 3.99. The summed E-state index contributed by atoms with van der Waals surface area (Å²) >= 11 is 6.33. The number of anilines is 2. The first-order chi connectivity index (χ1) is 11.9. The van der Waals surface area contributed by atoms with Crippen molar-refractivity contribution in [2.24, 2.45) is 0 Å². The fraction of sp³-hybridized carbons (Fsp3) is 0.263. The summed E-state index contributed by atoms with van der Waals surface area (Å²) in [5.41, 5.74) is 3.36. The minimum absolute atomic E-state index is 0.126. The Morgan fingerprint density at radius 1 is 1.12 bits per heavy atom. The first-order valence-corrected chi connectivity index (χ1v) is 8.41. The first-order valence-electron chi connectivity index (χ1n) is 8.03. The summed E-state index contributed by atoms with van der Waals surface area (Å²) in [6.07, 6.45) is 0. The lowest BCUT2D eigenvalue weighted by molar-refractivity contribution is -0.116. The van der Waals surface area contributed by atoms with Gasteiger partial charge < -0.3 is 15.5 Å². The molecule has 2 aromatic carbocycles. The van der Waals surface area contributed by atoms with Gasteiger partial charge in [0.2, 0.25) is 5.91 Å². The number of rotatable bonds is 5. The number of benzene rings is 2. The maximum atomic E-state index is 12.0. The Morgan fingerprint density at radius 3 is 2.40 bits per heavy atom. The summed E-state index contributed by atoms with van der Waals surface area (Å²) in [7, 11) is 0. The summed E-state index contributed by atoms with van der Waals surface area (Å²) in [6.45, 7) is 6.00. The van der Waals surface area contributed by atoms with E-state index in [2.05, 4.69) is 10.6 Å². The van der Waals surface area contributed by atoms with E-state index in [9.17, 15) is 9.59 Å². The molecule has 132 valence electrons. The molecule has 0 aliphatic rings. The second-order valence-electron chi connectivity index (χ2n) is 5.83. The van der Waals surface area contributed by atoms with Gasteiger partial charge in [0.1, 0.15) is 0 Å². The molecule has 0 fully saturated rings. The number of carbonyl (C=O) groups is 2. The lowest BCUT2D eigenvalue weighted by Gasteiger charge is -2.25. The van der Waals surface area contributed by atoms with E-state index in [1.54, 1.807) is 17.0 Å². The van der Waals surface area contributed by atoms with Crippen LogP contribution in [-0.4, -0.2) is 25.0 Å². The minimum atomic E-state index is -0.318. The van der Waals surface area contributed by atoms with E-state index >= 15 is 0 Å². The zero-order chi connectivity index (χ0) is 18.4. The largest absolute Gasteiger partial charge is 0.336 e. The van der Waals surface area contributed by atoms with Crippen molar-refractivity contribution in [3.05, 3.63) is 58.6 Å². The zero-order valence-electron chi connectivity index (χ0n) is 14.6. The van der Waals surface area contributed by atoms with E-state index in [-0.39, 0.29) is 11.9 Å². The molecule has 6 heteroatoms. The maximum Gasteiger partial charge on any atom is 0.319 e. The molecule has 5 nitrogen and oxygen atoms in total. The Bertz CT molecular complexity index is 740. The highest BCUT2D eigenvalue weighted by Crippen LogP contribution is 2.31. The zero-order valence-corrected chi connectivity index (χ0v) is 15.4. The van der Waals surface area contributed by atoms with E-state index in [1.165, 1.54) is 6.92 Å². The van der Waals surface area contributed by atoms with Gasteiger partial charge in [0.25, 0.3) is 0 Å². The van der Waals surface area contributed by atoms with Crippen LogP contribution >= 0.6 is 11.6 Å². The quantitative estimate of drug-likeness (QED) is 0.843. The number of nitrogens with one attached hydrogen (secondary N) is 2. The SMILES string of the molecule is CC(=O)N(CCNC(=O)Nc1ccccc1)c1c(C)cc(C)cc1Cl. The molecule has 0 aliphatic carbocycles. The number of aryl methyl sites for hydroxylation is 2. The first kappa shape index (κ1) is 18.8. The molecule has 0 radical (unpaired) electrons. The molecule has 3 amide bonds. The topological polar surface area (TPSA) is 61.4 Å². The van der Waals surface area contributed by atoms with Crippen LogP contribution in [0, 0.1) is 13.8 Å². The molecule has 2 aromatic rings. The van der Waals surface area contributed by atoms with Crippen molar-refractivity contribution in [3.63, 3.8) is 0 Å². The van der Waals surface area contributed by atoms with Crippen molar-refractivity contribution < 1.29 is 9.59 Å². The van der Waals surface area contributed by atoms with Crippen LogP contribution in [-0.2, 0) is 4.79 Å². The normalized spacial score (nSPS) is 10.2. The van der Waals surface area contributed by atoms with Gasteiger partial charge in [0.15, 0.2) is 0 Å². The molecule has 0 saturated carbocycles. The molecule has 0 aliphatic heterocycles. The van der Waals surface area contributed by atoms with Crippen molar-refractivity contribution in [1.82, 2.24) is 5.32 Å². The molecule has 0 spiro atoms. The fourth-order valence-electron chi connectivity index (χ4n) is 2.65. The smallest absolute Gasteiger partial charge is 0.319 e. The van der Waals surface area contributed by atoms with Crippen molar-refractivity contribution in [3.8, 4) is 0 Å². The van der Waals surface area contributed by atoms with Crippen molar-refractivity contribution in [2.45, 2.75) is 20.8 Å². The molecular weight excluding hydrogens is 338 g/mol. The van der Waals surface area contributed by atoms with E-state index in [1.807, 2.05) is 44.2 Å². The summed E-state index contributed by atoms with van der Waals surface area (Å²) in [5, 5.41) is 6.01. The second kappa shape index (κ2) is 8.53. The van der Waals surface area contributed by atoms with Crippen LogP contribution in [0.4, 0.5) is 16.2 Å². The van der Waals surface area contributed by atoms with E-state index in [0.717, 1.165) is 11.1 Å². The molecule has 0 unspecified atom stereocenters. The number of hydrogen-bond acceptors (Lipinski definition) is 2. The van der Waals surface area contributed by atoms with Crippen LogP contribution in [0.5, 0.6) is 0 Å². The standard InChI is InChI=1S/C19H22ClN3O2/c1-13-11-14(2)18(17(20)12-13)23(15(3)24)10-9-21-19(25)22-16-7-5-4-6-8-16/h4-8,11-12H,9-10H2,1-3H3,(H2,21,22,25). The Labute approximate surface area is 153 Å². The number of carbonyl (C=O) groups excluding carboxylic acids is 2. The third kappa shape index (κ3) is 5.22. The lowest BCUT2D eigenvalue weighted by atomic mass is 10.1. The van der Waals surface area contributed by atoms with E-state index in [4.69, 9.17) is 11.6 Å². The van der Waals surface area contributed by atoms with Gasteiger partial charge in [-0.25, -0.2) is 4.79 Å². The third-order valence-electron chi connectivity index (χ3n) is 3.70. The summed E-state index contributed by atoms with van der Waals surface area (Å²) < 4.78 is 0. The van der Waals surface area contributed by atoms with E-state index in [0.29, 0.717) is 29.5 Å². The summed E-state index contributed by atoms with van der Waals surface area (Å²) in [6, 6.07) is 12.7. The predicted molar refractivity (Wildman–Crippen MR) is 102 cm³/mol. The van der Waals surface area contributed by atoms with Crippen LogP contribution in [0.2, 0.25) is 5.02 Å². The number of urea groups is 1. The highest BCUT2D eigenvalue weighted by molar-refractivity contribution is 6.34. The van der Waals surface area contributed by atoms with Crippen LogP contribution in [0.1, 0.15) is 18.1 Å². The number of para-hydroxylation sites is 1. The van der Waals surface area contributed by atoms with E-state index < -0.39 is 0 Å². The van der Waals surface area contributed by atoms with Gasteiger partial charge in [-0.15, -0.1) is 0 Å². The number of amides is 3. The molecular formula is C19H22ClN3O2. The van der Waals surface area contributed by atoms with Crippen LogP contribution < -0.4 is 15.5 Å². The summed E-state index contributed by atoms with van der Waals surface area (Å²) in [5.74, 6) is -0.126.